The lowest BCUT2D eigenvalue weighted by Crippen LogP contribution is -1.97. The zero-order valence-electron chi connectivity index (χ0n) is 7.39. The molecule has 6 heteroatoms. The maximum Gasteiger partial charge on any atom is 0.151 e. The van der Waals surface area contributed by atoms with Gasteiger partial charge in [-0.3, -0.25) is 5.10 Å². The molecule has 0 saturated carbocycles. The van der Waals surface area contributed by atoms with Crippen LogP contribution in [0.15, 0.2) is 22.8 Å². The summed E-state index contributed by atoms with van der Waals surface area (Å²) < 4.78 is 26.5. The second-order valence-corrected chi connectivity index (χ2v) is 3.71. The maximum absolute atomic E-state index is 13.7. The molecule has 0 radical (unpaired) electrons. The third-order valence-electron chi connectivity index (χ3n) is 1.96. The molecule has 0 fully saturated rings. The van der Waals surface area contributed by atoms with Crippen LogP contribution in [0.3, 0.4) is 0 Å². The molecule has 1 aromatic carbocycles. The summed E-state index contributed by atoms with van der Waals surface area (Å²) >= 11 is 2.81. The van der Waals surface area contributed by atoms with E-state index in [1.165, 1.54) is 6.20 Å². The van der Waals surface area contributed by atoms with Crippen molar-refractivity contribution in [3.05, 3.63) is 34.4 Å². The van der Waals surface area contributed by atoms with Crippen molar-refractivity contribution in [2.75, 3.05) is 5.73 Å². The number of halogens is 3. The Kier molecular flexibility index (Phi) is 2.44. The molecule has 3 N–H and O–H groups in total. The van der Waals surface area contributed by atoms with Gasteiger partial charge < -0.3 is 5.73 Å². The molecule has 0 aliphatic heterocycles. The normalized spacial score (nSPS) is 10.6. The van der Waals surface area contributed by atoms with E-state index in [0.717, 1.165) is 6.07 Å². The maximum atomic E-state index is 13.7. The zero-order valence-corrected chi connectivity index (χ0v) is 8.98. The fourth-order valence-electron chi connectivity index (χ4n) is 1.28. The molecule has 0 spiro atoms. The summed E-state index contributed by atoms with van der Waals surface area (Å²) in [7, 11) is 0. The molecule has 15 heavy (non-hydrogen) atoms. The summed E-state index contributed by atoms with van der Waals surface area (Å²) in [5.41, 5.74) is 6.08. The van der Waals surface area contributed by atoms with Gasteiger partial charge in [0.15, 0.2) is 5.82 Å². The molecule has 0 bridgehead atoms. The van der Waals surface area contributed by atoms with Crippen LogP contribution < -0.4 is 5.73 Å². The molecular weight excluding hydrogens is 268 g/mol. The highest BCUT2D eigenvalue weighted by molar-refractivity contribution is 9.10. The molecular formula is C9H6BrF2N3. The first-order valence-electron chi connectivity index (χ1n) is 4.04. The molecule has 2 rings (SSSR count). The van der Waals surface area contributed by atoms with Crippen LogP contribution >= 0.6 is 15.9 Å². The molecule has 0 unspecified atom stereocenters. The molecule has 0 atom stereocenters. The van der Waals surface area contributed by atoms with Crippen LogP contribution in [-0.4, -0.2) is 10.2 Å². The molecule has 0 aliphatic carbocycles. The summed E-state index contributed by atoms with van der Waals surface area (Å²) in [5, 5.41) is 6.25. The zero-order chi connectivity index (χ0) is 11.0. The van der Waals surface area contributed by atoms with Crippen LogP contribution in [0.4, 0.5) is 14.5 Å². The van der Waals surface area contributed by atoms with E-state index in [-0.39, 0.29) is 15.7 Å². The number of anilines is 1. The summed E-state index contributed by atoms with van der Waals surface area (Å²) in [6, 6.07) is 2.61. The second kappa shape index (κ2) is 3.62. The topological polar surface area (TPSA) is 54.7 Å². The minimum absolute atomic E-state index is 0.0254. The highest BCUT2D eigenvalue weighted by Gasteiger charge is 2.17. The number of rotatable bonds is 1. The molecule has 1 heterocycles. The molecule has 2 aromatic rings. The third-order valence-corrected chi connectivity index (χ3v) is 2.69. The molecule has 0 aliphatic rings. The van der Waals surface area contributed by atoms with Crippen molar-refractivity contribution in [1.29, 1.82) is 0 Å². The van der Waals surface area contributed by atoms with E-state index in [0.29, 0.717) is 5.69 Å². The Bertz CT molecular complexity index is 497. The number of H-pyrrole nitrogens is 1. The number of hydrogen-bond donors (Lipinski definition) is 2. The van der Waals surface area contributed by atoms with Crippen molar-refractivity contribution in [3.63, 3.8) is 0 Å². The number of hydrogen-bond acceptors (Lipinski definition) is 2. The Balaban J connectivity index is 2.72. The van der Waals surface area contributed by atoms with Crippen LogP contribution in [0.2, 0.25) is 0 Å². The lowest BCUT2D eigenvalue weighted by atomic mass is 10.1. The van der Waals surface area contributed by atoms with E-state index in [9.17, 15) is 8.78 Å². The van der Waals surface area contributed by atoms with Gasteiger partial charge in [-0.05, 0) is 28.1 Å². The smallest absolute Gasteiger partial charge is 0.151 e. The van der Waals surface area contributed by atoms with E-state index in [1.807, 2.05) is 0 Å². The first-order valence-corrected chi connectivity index (χ1v) is 4.83. The van der Waals surface area contributed by atoms with Crippen molar-refractivity contribution < 1.29 is 8.78 Å². The SMILES string of the molecule is Nc1cc(F)c(Br)c(F)c1-c1ccn[nH]1. The van der Waals surface area contributed by atoms with Crippen molar-refractivity contribution in [2.24, 2.45) is 0 Å². The average molecular weight is 274 g/mol. The van der Waals surface area contributed by atoms with Crippen molar-refractivity contribution in [2.45, 2.75) is 0 Å². The van der Waals surface area contributed by atoms with Crippen LogP contribution in [0, 0.1) is 11.6 Å². The first kappa shape index (κ1) is 10.1. The van der Waals surface area contributed by atoms with Crippen molar-refractivity contribution in [3.8, 4) is 11.3 Å². The number of nitrogens with zero attached hydrogens (tertiary/aromatic N) is 1. The van der Waals surface area contributed by atoms with Crippen LogP contribution in [0.1, 0.15) is 0 Å². The fraction of sp³-hybridized carbons (Fsp3) is 0. The Morgan fingerprint density at radius 2 is 2.13 bits per heavy atom. The summed E-state index contributed by atoms with van der Waals surface area (Å²) in [6.45, 7) is 0. The number of aromatic amines is 1. The Morgan fingerprint density at radius 3 is 2.73 bits per heavy atom. The van der Waals surface area contributed by atoms with E-state index >= 15 is 0 Å². The summed E-state index contributed by atoms with van der Waals surface area (Å²) in [6.07, 6.45) is 1.46. The second-order valence-electron chi connectivity index (χ2n) is 2.92. The minimum atomic E-state index is -0.739. The lowest BCUT2D eigenvalue weighted by Gasteiger charge is -2.07. The van der Waals surface area contributed by atoms with Gasteiger partial charge >= 0.3 is 0 Å². The molecule has 0 saturated heterocycles. The van der Waals surface area contributed by atoms with Gasteiger partial charge in [-0.25, -0.2) is 8.78 Å². The van der Waals surface area contributed by atoms with Crippen LogP contribution in [0.25, 0.3) is 11.3 Å². The van der Waals surface area contributed by atoms with Gasteiger partial charge in [0.25, 0.3) is 0 Å². The third kappa shape index (κ3) is 1.61. The highest BCUT2D eigenvalue weighted by atomic mass is 79.9. The first-order chi connectivity index (χ1) is 7.11. The predicted molar refractivity (Wildman–Crippen MR) is 56.1 cm³/mol. The molecule has 3 nitrogen and oxygen atoms in total. The number of nitrogens with two attached hydrogens (primary N) is 1. The monoisotopic (exact) mass is 273 g/mol. The van der Waals surface area contributed by atoms with Crippen LogP contribution in [-0.2, 0) is 0 Å². The van der Waals surface area contributed by atoms with Crippen molar-refractivity contribution >= 4 is 21.6 Å². The Labute approximate surface area is 92.4 Å². The van der Waals surface area contributed by atoms with E-state index in [1.54, 1.807) is 6.07 Å². The minimum Gasteiger partial charge on any atom is -0.398 e. The largest absolute Gasteiger partial charge is 0.398 e. The number of nitrogens with one attached hydrogen (secondary N) is 1. The summed E-state index contributed by atoms with van der Waals surface area (Å²) in [4.78, 5) is 0. The number of nitrogen functional groups attached to an aromatic ring is 1. The van der Waals surface area contributed by atoms with Gasteiger partial charge in [0.2, 0.25) is 0 Å². The Morgan fingerprint density at radius 1 is 1.40 bits per heavy atom. The van der Waals surface area contributed by atoms with E-state index in [2.05, 4.69) is 26.1 Å². The van der Waals surface area contributed by atoms with Gasteiger partial charge in [0.1, 0.15) is 5.82 Å². The quantitative estimate of drug-likeness (QED) is 0.620. The van der Waals surface area contributed by atoms with Gasteiger partial charge in [-0.15, -0.1) is 0 Å². The number of aromatic nitrogens is 2. The van der Waals surface area contributed by atoms with E-state index < -0.39 is 11.6 Å². The van der Waals surface area contributed by atoms with Gasteiger partial charge in [0.05, 0.1) is 15.7 Å². The average Bonchev–Trinajstić information content (AvgIpc) is 2.68. The summed E-state index contributed by atoms with van der Waals surface area (Å²) in [5.74, 6) is -1.47. The lowest BCUT2D eigenvalue weighted by molar-refractivity contribution is 0.575. The molecule has 1 aromatic heterocycles. The van der Waals surface area contributed by atoms with E-state index in [4.69, 9.17) is 5.73 Å². The fourth-order valence-corrected chi connectivity index (χ4v) is 1.59. The molecule has 0 amide bonds. The van der Waals surface area contributed by atoms with Gasteiger partial charge in [-0.1, -0.05) is 0 Å². The highest BCUT2D eigenvalue weighted by Crippen LogP contribution is 2.33. The van der Waals surface area contributed by atoms with Gasteiger partial charge in [-0.2, -0.15) is 5.10 Å². The van der Waals surface area contributed by atoms with Crippen LogP contribution in [0.5, 0.6) is 0 Å². The Hall–Kier alpha value is -1.43. The van der Waals surface area contributed by atoms with Crippen molar-refractivity contribution in [1.82, 2.24) is 10.2 Å². The van der Waals surface area contributed by atoms with Gasteiger partial charge in [0, 0.05) is 11.9 Å². The standard InChI is InChI=1S/C9H6BrF2N3/c10-8-4(11)3-5(13)7(9(8)12)6-1-2-14-15-6/h1-3H,13H2,(H,14,15). The number of benzene rings is 1. The predicted octanol–water partition coefficient (Wildman–Crippen LogP) is 2.70. The molecule has 78 valence electrons.